The number of carbonyl (C=O) groups excluding carboxylic acids is 1. The summed E-state index contributed by atoms with van der Waals surface area (Å²) >= 11 is 0. The Balaban J connectivity index is 2.15. The van der Waals surface area contributed by atoms with Crippen molar-refractivity contribution in [2.45, 2.75) is 35.9 Å². The second-order valence-corrected chi connectivity index (χ2v) is 8.54. The number of aromatic nitrogens is 1. The summed E-state index contributed by atoms with van der Waals surface area (Å²) in [6, 6.07) is 1.31. The summed E-state index contributed by atoms with van der Waals surface area (Å²) in [4.78, 5) is 28.5. The lowest BCUT2D eigenvalue weighted by atomic mass is 9.89. The van der Waals surface area contributed by atoms with Crippen LogP contribution in [0.15, 0.2) is 18.3 Å². The topological polar surface area (TPSA) is 125 Å². The number of sulfone groups is 1. The van der Waals surface area contributed by atoms with Gasteiger partial charge >= 0.3 is 5.97 Å². The predicted octanol–water partition coefficient (Wildman–Crippen LogP) is -0.301. The molecule has 2 aliphatic rings. The van der Waals surface area contributed by atoms with Crippen LogP contribution in [0.1, 0.15) is 25.5 Å². The van der Waals surface area contributed by atoms with Crippen molar-refractivity contribution in [2.24, 2.45) is 0 Å². The van der Waals surface area contributed by atoms with Gasteiger partial charge in [0, 0.05) is 6.20 Å². The second kappa shape index (κ2) is 4.19. The third kappa shape index (κ3) is 1.51. The predicted molar refractivity (Wildman–Crippen MR) is 73.7 cm³/mol. The molecule has 22 heavy (non-hydrogen) atoms. The van der Waals surface area contributed by atoms with Crippen LogP contribution >= 0.6 is 0 Å². The Morgan fingerprint density at radius 3 is 2.59 bits per heavy atom. The maximum atomic E-state index is 12.7. The molecule has 0 bridgehead atoms. The van der Waals surface area contributed by atoms with Crippen molar-refractivity contribution in [1.82, 2.24) is 9.88 Å². The minimum absolute atomic E-state index is 0.0424. The van der Waals surface area contributed by atoms with Gasteiger partial charge in [0.1, 0.15) is 17.7 Å². The van der Waals surface area contributed by atoms with E-state index in [9.17, 15) is 28.2 Å². The van der Waals surface area contributed by atoms with Crippen molar-refractivity contribution in [3.63, 3.8) is 0 Å². The van der Waals surface area contributed by atoms with Gasteiger partial charge in [-0.25, -0.2) is 13.2 Å². The summed E-state index contributed by atoms with van der Waals surface area (Å²) in [5.41, 5.74) is -0.0424. The molecule has 2 saturated heterocycles. The van der Waals surface area contributed by atoms with E-state index in [2.05, 4.69) is 4.98 Å². The van der Waals surface area contributed by atoms with Crippen molar-refractivity contribution in [3.8, 4) is 5.75 Å². The fourth-order valence-corrected chi connectivity index (χ4v) is 5.48. The summed E-state index contributed by atoms with van der Waals surface area (Å²) in [6.07, 6.45) is 1.34. The van der Waals surface area contributed by atoms with Gasteiger partial charge in [-0.2, -0.15) is 0 Å². The average Bonchev–Trinajstić information content (AvgIpc) is 2.55. The molecule has 3 atom stereocenters. The highest BCUT2D eigenvalue weighted by Crippen LogP contribution is 2.52. The summed E-state index contributed by atoms with van der Waals surface area (Å²) in [6.45, 7) is 2.59. The largest absolute Gasteiger partial charge is 0.506 e. The van der Waals surface area contributed by atoms with Gasteiger partial charge in [-0.15, -0.1) is 0 Å². The molecule has 0 radical (unpaired) electrons. The fraction of sp³-hybridized carbons (Fsp3) is 0.462. The van der Waals surface area contributed by atoms with E-state index >= 15 is 0 Å². The Morgan fingerprint density at radius 2 is 2.05 bits per heavy atom. The first-order valence-corrected chi connectivity index (χ1v) is 8.09. The fourth-order valence-electron chi connectivity index (χ4n) is 3.21. The molecule has 0 spiro atoms. The van der Waals surface area contributed by atoms with E-state index < -0.39 is 43.8 Å². The summed E-state index contributed by atoms with van der Waals surface area (Å²) < 4.78 is 23.7. The second-order valence-electron chi connectivity index (χ2n) is 5.91. The van der Waals surface area contributed by atoms with Crippen LogP contribution in [0.5, 0.6) is 5.75 Å². The molecule has 8 nitrogen and oxygen atoms in total. The zero-order valence-electron chi connectivity index (χ0n) is 11.8. The summed E-state index contributed by atoms with van der Waals surface area (Å²) in [7, 11) is -3.93. The molecule has 0 aromatic carbocycles. The van der Waals surface area contributed by atoms with Gasteiger partial charge in [-0.05, 0) is 26.0 Å². The number of nitrogens with zero attached hydrogens (tertiary/aromatic N) is 2. The standard InChI is InChI=1S/C13H14N2O6S/c1-13(2)9(12(18)19)15-10(17)7(11(15)22(13,20)21)8-6(16)4-3-5-14-8/h3-5,7,9,11,16H,1-2H3,(H,18,19)/t7-,9+,11-/m1/s1. The highest BCUT2D eigenvalue weighted by molar-refractivity contribution is 7.94. The number of carboxylic acid groups (broad SMARTS) is 1. The van der Waals surface area contributed by atoms with Crippen LogP contribution in [0.3, 0.4) is 0 Å². The van der Waals surface area contributed by atoms with Crippen LogP contribution in [0, 0.1) is 0 Å². The number of β-lactam (4-membered cyclic amide) rings is 1. The van der Waals surface area contributed by atoms with E-state index in [-0.39, 0.29) is 11.4 Å². The smallest absolute Gasteiger partial charge is 0.328 e. The number of hydrogen-bond donors (Lipinski definition) is 2. The van der Waals surface area contributed by atoms with E-state index in [1.54, 1.807) is 0 Å². The molecule has 2 N–H and O–H groups in total. The Morgan fingerprint density at radius 1 is 1.41 bits per heavy atom. The minimum atomic E-state index is -3.93. The van der Waals surface area contributed by atoms with Crippen molar-refractivity contribution in [3.05, 3.63) is 24.0 Å². The van der Waals surface area contributed by atoms with Gasteiger partial charge in [-0.3, -0.25) is 9.78 Å². The molecule has 9 heteroatoms. The summed E-state index contributed by atoms with van der Waals surface area (Å²) in [5, 5.41) is 17.8. The van der Waals surface area contributed by atoms with Crippen LogP contribution in [0.2, 0.25) is 0 Å². The molecular weight excluding hydrogens is 312 g/mol. The molecule has 0 unspecified atom stereocenters. The van der Waals surface area contributed by atoms with E-state index in [0.29, 0.717) is 0 Å². The number of pyridine rings is 1. The molecule has 3 rings (SSSR count). The van der Waals surface area contributed by atoms with Crippen LogP contribution < -0.4 is 0 Å². The van der Waals surface area contributed by atoms with Crippen molar-refractivity contribution in [2.75, 3.05) is 0 Å². The molecule has 2 fully saturated rings. The summed E-state index contributed by atoms with van der Waals surface area (Å²) in [5.74, 6) is -3.48. The average molecular weight is 326 g/mol. The van der Waals surface area contributed by atoms with Gasteiger partial charge in [0.2, 0.25) is 5.91 Å². The number of aromatic hydroxyl groups is 1. The zero-order chi connectivity index (χ0) is 16.4. The molecule has 1 aromatic rings. The third-order valence-electron chi connectivity index (χ3n) is 4.41. The maximum absolute atomic E-state index is 12.7. The number of hydrogen-bond acceptors (Lipinski definition) is 6. The highest BCUT2D eigenvalue weighted by Gasteiger charge is 2.72. The maximum Gasteiger partial charge on any atom is 0.328 e. The SMILES string of the molecule is CC1(C)[C@H](C(=O)O)N2C(=O)[C@@H](c3ncccc3O)[C@H]2S1(=O)=O. The van der Waals surface area contributed by atoms with Gasteiger partial charge in [-0.1, -0.05) is 0 Å². The monoisotopic (exact) mass is 326 g/mol. The van der Waals surface area contributed by atoms with Gasteiger partial charge in [0.05, 0.1) is 10.4 Å². The van der Waals surface area contributed by atoms with E-state index in [1.807, 2.05) is 0 Å². The lowest BCUT2D eigenvalue weighted by Crippen LogP contribution is -2.62. The number of carbonyl (C=O) groups is 2. The van der Waals surface area contributed by atoms with Gasteiger partial charge < -0.3 is 15.1 Å². The number of aliphatic carboxylic acids is 1. The zero-order valence-corrected chi connectivity index (χ0v) is 12.6. The molecule has 3 heterocycles. The molecular formula is C13H14N2O6S. The molecule has 0 saturated carbocycles. The van der Waals surface area contributed by atoms with E-state index in [0.717, 1.165) is 4.90 Å². The van der Waals surface area contributed by atoms with Crippen LogP contribution in [-0.2, 0) is 19.4 Å². The minimum Gasteiger partial charge on any atom is -0.506 e. The Kier molecular flexibility index (Phi) is 2.81. The molecule has 0 aliphatic carbocycles. The van der Waals surface area contributed by atoms with Crippen LogP contribution in [0.4, 0.5) is 0 Å². The third-order valence-corrected chi connectivity index (χ3v) is 7.24. The Bertz CT molecular complexity index is 787. The van der Waals surface area contributed by atoms with Gasteiger partial charge in [0.25, 0.3) is 0 Å². The number of rotatable bonds is 2. The van der Waals surface area contributed by atoms with Crippen LogP contribution in [-0.4, -0.2) is 56.6 Å². The highest BCUT2D eigenvalue weighted by atomic mass is 32.2. The lowest BCUT2D eigenvalue weighted by molar-refractivity contribution is -0.159. The number of fused-ring (bicyclic) bond motifs is 1. The quantitative estimate of drug-likeness (QED) is 0.715. The number of amides is 1. The number of carboxylic acids is 1. The van der Waals surface area contributed by atoms with E-state index in [4.69, 9.17) is 0 Å². The first kappa shape index (κ1) is 14.8. The molecule has 1 amide bonds. The Hall–Kier alpha value is -2.16. The first-order valence-electron chi connectivity index (χ1n) is 6.54. The van der Waals surface area contributed by atoms with Crippen molar-refractivity contribution in [1.29, 1.82) is 0 Å². The molecule has 2 aliphatic heterocycles. The van der Waals surface area contributed by atoms with Gasteiger partial charge in [0.15, 0.2) is 15.2 Å². The Labute approximate surface area is 126 Å². The molecule has 118 valence electrons. The lowest BCUT2D eigenvalue weighted by Gasteiger charge is -2.42. The molecule has 1 aromatic heterocycles. The van der Waals surface area contributed by atoms with Crippen LogP contribution in [0.25, 0.3) is 0 Å². The normalized spacial score (nSPS) is 31.5. The van der Waals surface area contributed by atoms with Crippen molar-refractivity contribution < 1.29 is 28.2 Å². The van der Waals surface area contributed by atoms with Crippen molar-refractivity contribution >= 4 is 21.7 Å². The first-order chi connectivity index (χ1) is 10.1. The van der Waals surface area contributed by atoms with E-state index in [1.165, 1.54) is 32.2 Å².